The van der Waals surface area contributed by atoms with E-state index in [-0.39, 0.29) is 0 Å². The molecule has 4 rings (SSSR count). The zero-order valence-corrected chi connectivity index (χ0v) is 43.8. The van der Waals surface area contributed by atoms with Gasteiger partial charge in [-0.1, -0.05) is 250 Å². The molecule has 0 amide bonds. The average Bonchev–Trinajstić information content (AvgIpc) is 4.06. The Morgan fingerprint density at radius 3 is 1.08 bits per heavy atom. The molecule has 0 aromatic heterocycles. The molecule has 6 heteroatoms. The van der Waals surface area contributed by atoms with Gasteiger partial charge in [0, 0.05) is 64.6 Å². The van der Waals surface area contributed by atoms with Gasteiger partial charge in [-0.3, -0.25) is 9.80 Å². The van der Waals surface area contributed by atoms with Gasteiger partial charge in [0.2, 0.25) is 0 Å². The van der Waals surface area contributed by atoms with Gasteiger partial charge in [-0.25, -0.2) is 0 Å². The van der Waals surface area contributed by atoms with Gasteiger partial charge in [-0.05, 0) is 38.4 Å². The van der Waals surface area contributed by atoms with E-state index in [2.05, 4.69) is 119 Å². The molecule has 3 heterocycles. The van der Waals surface area contributed by atoms with Crippen LogP contribution >= 0.6 is 0 Å². The van der Waals surface area contributed by atoms with Gasteiger partial charge in [-0.15, -0.1) is 0 Å². The molecule has 6 nitrogen and oxygen atoms in total. The van der Waals surface area contributed by atoms with E-state index in [0.717, 1.165) is 19.9 Å². The normalized spacial score (nSPS) is 15.1. The van der Waals surface area contributed by atoms with Crippen molar-refractivity contribution in [1.82, 2.24) is 29.4 Å². The van der Waals surface area contributed by atoms with Crippen LogP contribution in [0.15, 0.2) is 55.1 Å². The molecular weight excluding hydrogens is 781 g/mol. The second-order valence-corrected chi connectivity index (χ2v) is 20.3. The van der Waals surface area contributed by atoms with Crippen LogP contribution in [-0.4, -0.2) is 96.2 Å². The second-order valence-electron chi connectivity index (χ2n) is 20.3. The van der Waals surface area contributed by atoms with Crippen molar-refractivity contribution < 1.29 is 0 Å². The Morgan fingerprint density at radius 1 is 0.344 bits per heavy atom. The summed E-state index contributed by atoms with van der Waals surface area (Å²) in [5.74, 6) is 0. The summed E-state index contributed by atoms with van der Waals surface area (Å²) in [6.45, 7) is 17.5. The lowest BCUT2D eigenvalue weighted by atomic mass is 10.0. The van der Waals surface area contributed by atoms with Crippen LogP contribution in [0.3, 0.4) is 0 Å². The van der Waals surface area contributed by atoms with Crippen LogP contribution in [0.4, 0.5) is 0 Å². The third-order valence-corrected chi connectivity index (χ3v) is 13.7. The Kier molecular flexibility index (Phi) is 39.3. The number of rotatable bonds is 39. The molecule has 0 unspecified atom stereocenters. The lowest BCUT2D eigenvalue weighted by Gasteiger charge is -2.21. The van der Waals surface area contributed by atoms with E-state index in [9.17, 15) is 0 Å². The van der Waals surface area contributed by atoms with Gasteiger partial charge in [0.25, 0.3) is 0 Å². The van der Waals surface area contributed by atoms with Crippen molar-refractivity contribution >= 4 is 0 Å². The molecule has 64 heavy (non-hydrogen) atoms. The molecule has 372 valence electrons. The smallest absolute Gasteiger partial charge is 0.0897 e. The summed E-state index contributed by atoms with van der Waals surface area (Å²) in [5, 5.41) is 0. The Hall–Kier alpha value is -2.18. The molecule has 0 spiro atoms. The van der Waals surface area contributed by atoms with Crippen molar-refractivity contribution in [3.63, 3.8) is 0 Å². The van der Waals surface area contributed by atoms with Crippen LogP contribution in [-0.2, 0) is 6.54 Å². The largest absolute Gasteiger partial charge is 0.362 e. The first-order valence-electron chi connectivity index (χ1n) is 28.3. The lowest BCUT2D eigenvalue weighted by Crippen LogP contribution is -2.25. The minimum absolute atomic E-state index is 1.02. The van der Waals surface area contributed by atoms with Crippen molar-refractivity contribution in [3.8, 4) is 0 Å². The van der Waals surface area contributed by atoms with Gasteiger partial charge < -0.3 is 19.6 Å². The monoisotopic (exact) mass is 891 g/mol. The number of hydrogen-bond acceptors (Lipinski definition) is 6. The molecule has 0 bridgehead atoms. The van der Waals surface area contributed by atoms with Crippen LogP contribution in [0.5, 0.6) is 0 Å². The van der Waals surface area contributed by atoms with E-state index in [1.165, 1.54) is 263 Å². The van der Waals surface area contributed by atoms with E-state index < -0.39 is 0 Å². The summed E-state index contributed by atoms with van der Waals surface area (Å²) in [4.78, 5) is 14.5. The maximum absolute atomic E-state index is 2.57. The van der Waals surface area contributed by atoms with E-state index >= 15 is 0 Å². The van der Waals surface area contributed by atoms with Gasteiger partial charge >= 0.3 is 0 Å². The maximum Gasteiger partial charge on any atom is 0.0897 e. The molecule has 1 fully saturated rings. The standard InChI is InChI=1S/C26H44N2.C20H40N2.C12H26N2/c1-2-3-4-5-6-7-8-9-10-11-12-13-14-18-21-27-22-23-28(25-27)24-26-19-16-15-17-20-26;1-3-4-5-6-7-8-9-10-11-12-13-14-15-16-17-22-19-18-21(2)20-22;1-3-4-5-6-7-8-9-14-11-10-13(2)12-14/h15-17,19-20,22-23H,2-14,18,21,24-25H2,1H3;18-19H,3-17,20H2,1-2H3;3-12H2,1-2H3. The molecular formula is C58H110N6. The zero-order valence-electron chi connectivity index (χ0n) is 43.8. The molecule has 0 aliphatic carbocycles. The molecule has 3 aliphatic rings. The molecule has 1 saturated heterocycles. The van der Waals surface area contributed by atoms with Crippen molar-refractivity contribution in [2.45, 2.75) is 246 Å². The van der Waals surface area contributed by atoms with Crippen LogP contribution in [0, 0.1) is 0 Å². The fraction of sp³-hybridized carbons (Fsp3) is 0.828. The quantitative estimate of drug-likeness (QED) is 0.0609. The fourth-order valence-electron chi connectivity index (χ4n) is 9.43. The van der Waals surface area contributed by atoms with Crippen LogP contribution in [0.1, 0.15) is 245 Å². The highest BCUT2D eigenvalue weighted by molar-refractivity contribution is 5.15. The topological polar surface area (TPSA) is 19.4 Å². The molecule has 0 radical (unpaired) electrons. The maximum atomic E-state index is 2.57. The summed E-state index contributed by atoms with van der Waals surface area (Å²) in [6.07, 6.45) is 57.7. The number of likely N-dealkylation sites (N-methyl/N-ethyl adjacent to an activating group) is 1. The molecule has 3 aliphatic heterocycles. The van der Waals surface area contributed by atoms with Crippen molar-refractivity contribution in [2.75, 3.05) is 66.8 Å². The van der Waals surface area contributed by atoms with Crippen LogP contribution < -0.4 is 0 Å². The van der Waals surface area contributed by atoms with E-state index in [1.54, 1.807) is 0 Å². The van der Waals surface area contributed by atoms with Gasteiger partial charge in [-0.2, -0.15) is 0 Å². The highest BCUT2D eigenvalue weighted by atomic mass is 15.4. The van der Waals surface area contributed by atoms with E-state index in [4.69, 9.17) is 0 Å². The third kappa shape index (κ3) is 35.1. The van der Waals surface area contributed by atoms with Crippen LogP contribution in [0.25, 0.3) is 0 Å². The first-order chi connectivity index (χ1) is 31.5. The number of unbranched alkanes of at least 4 members (excludes halogenated alkanes) is 31. The summed E-state index contributed by atoms with van der Waals surface area (Å²) >= 11 is 0. The van der Waals surface area contributed by atoms with E-state index in [0.29, 0.717) is 0 Å². The SMILES string of the molecule is CCCCCCCCCCCCCCCCN1C=CN(C)C1.CCCCCCCCCCCCCCCCN1C=CN(Cc2ccccc2)C1.CCCCCCCCN1CCN(C)C1. The number of hydrogen-bond donors (Lipinski definition) is 0. The first-order valence-corrected chi connectivity index (χ1v) is 28.3. The molecule has 1 aromatic carbocycles. The predicted molar refractivity (Wildman–Crippen MR) is 284 cm³/mol. The van der Waals surface area contributed by atoms with Crippen molar-refractivity contribution in [3.05, 3.63) is 60.7 Å². The zero-order chi connectivity index (χ0) is 45.8. The van der Waals surface area contributed by atoms with E-state index in [1.807, 2.05) is 0 Å². The minimum atomic E-state index is 1.02. The predicted octanol–water partition coefficient (Wildman–Crippen LogP) is 16.4. The highest BCUT2D eigenvalue weighted by Crippen LogP contribution is 2.17. The summed E-state index contributed by atoms with van der Waals surface area (Å²) in [7, 11) is 4.35. The summed E-state index contributed by atoms with van der Waals surface area (Å²) in [6, 6.07) is 10.8. The molecule has 0 atom stereocenters. The van der Waals surface area contributed by atoms with Gasteiger partial charge in [0.05, 0.1) is 20.0 Å². The Bertz CT molecular complexity index is 1160. The van der Waals surface area contributed by atoms with Gasteiger partial charge in [0.15, 0.2) is 0 Å². The van der Waals surface area contributed by atoms with Crippen LogP contribution in [0.2, 0.25) is 0 Å². The van der Waals surface area contributed by atoms with Gasteiger partial charge in [0.1, 0.15) is 0 Å². The highest BCUT2D eigenvalue weighted by Gasteiger charge is 2.15. The Morgan fingerprint density at radius 2 is 0.703 bits per heavy atom. The minimum Gasteiger partial charge on any atom is -0.362 e. The Balaban J connectivity index is 0.000000349. The molecule has 1 aromatic rings. The lowest BCUT2D eigenvalue weighted by molar-refractivity contribution is 0.256. The second kappa shape index (κ2) is 43.4. The molecule has 0 N–H and O–H groups in total. The van der Waals surface area contributed by atoms with Crippen molar-refractivity contribution in [2.24, 2.45) is 0 Å². The van der Waals surface area contributed by atoms with Crippen molar-refractivity contribution in [1.29, 1.82) is 0 Å². The number of benzene rings is 1. The Labute approximate surface area is 401 Å². The summed E-state index contributed by atoms with van der Waals surface area (Å²) in [5.41, 5.74) is 1.39. The molecule has 0 saturated carbocycles. The average molecular weight is 892 g/mol. The third-order valence-electron chi connectivity index (χ3n) is 13.7. The number of nitrogens with zero attached hydrogens (tertiary/aromatic N) is 6. The first kappa shape index (κ1) is 57.9. The summed E-state index contributed by atoms with van der Waals surface area (Å²) < 4.78 is 0. The fourth-order valence-corrected chi connectivity index (χ4v) is 9.43.